The van der Waals surface area contributed by atoms with E-state index in [1.54, 1.807) is 37.1 Å². The summed E-state index contributed by atoms with van der Waals surface area (Å²) in [6, 6.07) is 13.6. The third-order valence-corrected chi connectivity index (χ3v) is 4.08. The zero-order chi connectivity index (χ0) is 15.8. The molecule has 0 unspecified atom stereocenters. The number of thioether (sulfide) groups is 1. The predicted molar refractivity (Wildman–Crippen MR) is 88.0 cm³/mol. The van der Waals surface area contributed by atoms with E-state index in [-0.39, 0.29) is 11.7 Å². The number of ether oxygens (including phenoxy) is 1. The van der Waals surface area contributed by atoms with Crippen LogP contribution in [-0.4, -0.2) is 18.8 Å². The van der Waals surface area contributed by atoms with E-state index in [1.807, 2.05) is 18.2 Å². The number of carbonyl (C=O) groups excluding carboxylic acids is 1. The predicted octanol–water partition coefficient (Wildman–Crippen LogP) is 4.35. The van der Waals surface area contributed by atoms with E-state index in [0.717, 1.165) is 22.8 Å². The second-order valence-electron chi connectivity index (χ2n) is 4.69. The van der Waals surface area contributed by atoms with Gasteiger partial charge < -0.3 is 10.1 Å². The summed E-state index contributed by atoms with van der Waals surface area (Å²) in [6.45, 7) is 0. The van der Waals surface area contributed by atoms with Gasteiger partial charge in [-0.3, -0.25) is 4.79 Å². The first-order valence-electron chi connectivity index (χ1n) is 6.99. The van der Waals surface area contributed by atoms with Crippen molar-refractivity contribution in [2.24, 2.45) is 0 Å². The number of amides is 1. The summed E-state index contributed by atoms with van der Waals surface area (Å²) >= 11 is 1.62. The number of rotatable bonds is 7. The standard InChI is InChI=1S/C17H18FNO2S/c1-21-15-5-2-4-14(12-15)19-17(20)6-3-11-22-16-9-7-13(18)8-10-16/h2,4-5,7-10,12H,3,6,11H2,1H3,(H,19,20). The molecule has 0 heterocycles. The summed E-state index contributed by atoms with van der Waals surface area (Å²) in [7, 11) is 1.59. The summed E-state index contributed by atoms with van der Waals surface area (Å²) in [5, 5.41) is 2.84. The van der Waals surface area contributed by atoms with Crippen LogP contribution in [0.25, 0.3) is 0 Å². The van der Waals surface area contributed by atoms with Crippen molar-refractivity contribution in [3.05, 3.63) is 54.3 Å². The van der Waals surface area contributed by atoms with Crippen LogP contribution in [0.1, 0.15) is 12.8 Å². The van der Waals surface area contributed by atoms with Gasteiger partial charge in [-0.2, -0.15) is 0 Å². The normalized spacial score (nSPS) is 10.3. The fourth-order valence-corrected chi connectivity index (χ4v) is 2.73. The van der Waals surface area contributed by atoms with Crippen molar-refractivity contribution in [2.45, 2.75) is 17.7 Å². The van der Waals surface area contributed by atoms with Crippen LogP contribution < -0.4 is 10.1 Å². The van der Waals surface area contributed by atoms with Crippen LogP contribution >= 0.6 is 11.8 Å². The van der Waals surface area contributed by atoms with Crippen molar-refractivity contribution in [3.63, 3.8) is 0 Å². The lowest BCUT2D eigenvalue weighted by Gasteiger charge is -2.07. The zero-order valence-electron chi connectivity index (χ0n) is 12.3. The molecule has 1 amide bonds. The van der Waals surface area contributed by atoms with Gasteiger partial charge in [0.15, 0.2) is 0 Å². The van der Waals surface area contributed by atoms with Gasteiger partial charge in [-0.1, -0.05) is 6.07 Å². The number of nitrogens with one attached hydrogen (secondary N) is 1. The average molecular weight is 319 g/mol. The van der Waals surface area contributed by atoms with Gasteiger partial charge in [-0.05, 0) is 48.6 Å². The van der Waals surface area contributed by atoms with E-state index in [0.29, 0.717) is 12.2 Å². The molecular weight excluding hydrogens is 301 g/mol. The molecule has 2 aromatic rings. The molecule has 0 bridgehead atoms. The maximum atomic E-state index is 12.8. The van der Waals surface area contributed by atoms with Gasteiger partial charge in [0, 0.05) is 23.1 Å². The SMILES string of the molecule is COc1cccc(NC(=O)CCCSc2ccc(F)cc2)c1. The third-order valence-electron chi connectivity index (χ3n) is 2.98. The Kier molecular flexibility index (Phi) is 6.27. The summed E-state index contributed by atoms with van der Waals surface area (Å²) in [4.78, 5) is 12.9. The minimum atomic E-state index is -0.234. The molecule has 2 aromatic carbocycles. The molecule has 0 aliphatic rings. The molecule has 0 saturated heterocycles. The molecule has 0 aliphatic heterocycles. The Labute approximate surface area is 133 Å². The fraction of sp³-hybridized carbons (Fsp3) is 0.235. The molecule has 0 saturated carbocycles. The van der Waals surface area contributed by atoms with Crippen molar-refractivity contribution >= 4 is 23.4 Å². The minimum Gasteiger partial charge on any atom is -0.497 e. The monoisotopic (exact) mass is 319 g/mol. The maximum absolute atomic E-state index is 12.8. The molecule has 0 spiro atoms. The van der Waals surface area contributed by atoms with Crippen molar-refractivity contribution in [3.8, 4) is 5.75 Å². The lowest BCUT2D eigenvalue weighted by Crippen LogP contribution is -2.11. The molecule has 0 aromatic heterocycles. The summed E-state index contributed by atoms with van der Waals surface area (Å²) in [5.74, 6) is 1.27. The van der Waals surface area contributed by atoms with Gasteiger partial charge in [-0.25, -0.2) is 4.39 Å². The zero-order valence-corrected chi connectivity index (χ0v) is 13.2. The second kappa shape index (κ2) is 8.44. The van der Waals surface area contributed by atoms with Crippen molar-refractivity contribution in [1.82, 2.24) is 0 Å². The molecule has 0 fully saturated rings. The van der Waals surface area contributed by atoms with E-state index in [1.165, 1.54) is 12.1 Å². The average Bonchev–Trinajstić information content (AvgIpc) is 2.53. The molecular formula is C17H18FNO2S. The van der Waals surface area contributed by atoms with Gasteiger partial charge in [0.05, 0.1) is 7.11 Å². The third kappa shape index (κ3) is 5.41. The minimum absolute atomic E-state index is 0.0204. The van der Waals surface area contributed by atoms with E-state index >= 15 is 0 Å². The smallest absolute Gasteiger partial charge is 0.224 e. The molecule has 0 radical (unpaired) electrons. The molecule has 0 aliphatic carbocycles. The van der Waals surface area contributed by atoms with Crippen LogP contribution in [0.4, 0.5) is 10.1 Å². The number of methoxy groups -OCH3 is 1. The van der Waals surface area contributed by atoms with Crippen LogP contribution in [-0.2, 0) is 4.79 Å². The van der Waals surface area contributed by atoms with E-state index in [9.17, 15) is 9.18 Å². The Morgan fingerprint density at radius 1 is 1.23 bits per heavy atom. The Hall–Kier alpha value is -2.01. The van der Waals surface area contributed by atoms with Crippen molar-refractivity contribution < 1.29 is 13.9 Å². The van der Waals surface area contributed by atoms with Gasteiger partial charge in [-0.15, -0.1) is 11.8 Å². The molecule has 0 atom stereocenters. The Balaban J connectivity index is 1.70. The molecule has 5 heteroatoms. The van der Waals surface area contributed by atoms with Gasteiger partial charge >= 0.3 is 0 Å². The molecule has 1 N–H and O–H groups in total. The Morgan fingerprint density at radius 2 is 2.00 bits per heavy atom. The van der Waals surface area contributed by atoms with Crippen LogP contribution in [0, 0.1) is 5.82 Å². The Bertz CT molecular complexity index is 616. The summed E-state index contributed by atoms with van der Waals surface area (Å²) in [6.07, 6.45) is 1.21. The maximum Gasteiger partial charge on any atom is 0.224 e. The number of hydrogen-bond donors (Lipinski definition) is 1. The number of halogens is 1. The number of carbonyl (C=O) groups is 1. The van der Waals surface area contributed by atoms with Crippen molar-refractivity contribution in [2.75, 3.05) is 18.2 Å². The van der Waals surface area contributed by atoms with Gasteiger partial charge in [0.2, 0.25) is 5.91 Å². The molecule has 3 nitrogen and oxygen atoms in total. The highest BCUT2D eigenvalue weighted by Gasteiger charge is 2.04. The van der Waals surface area contributed by atoms with E-state index < -0.39 is 0 Å². The van der Waals surface area contributed by atoms with Gasteiger partial charge in [0.25, 0.3) is 0 Å². The van der Waals surface area contributed by atoms with Crippen LogP contribution in [0.5, 0.6) is 5.75 Å². The first-order valence-corrected chi connectivity index (χ1v) is 7.98. The number of hydrogen-bond acceptors (Lipinski definition) is 3. The van der Waals surface area contributed by atoms with Crippen LogP contribution in [0.15, 0.2) is 53.4 Å². The highest BCUT2D eigenvalue weighted by atomic mass is 32.2. The van der Waals surface area contributed by atoms with Gasteiger partial charge in [0.1, 0.15) is 11.6 Å². The molecule has 22 heavy (non-hydrogen) atoms. The largest absolute Gasteiger partial charge is 0.497 e. The fourth-order valence-electron chi connectivity index (χ4n) is 1.88. The lowest BCUT2D eigenvalue weighted by molar-refractivity contribution is -0.116. The summed E-state index contributed by atoms with van der Waals surface area (Å²) < 4.78 is 17.9. The van der Waals surface area contributed by atoms with E-state index in [4.69, 9.17) is 4.74 Å². The molecule has 2 rings (SSSR count). The quantitative estimate of drug-likeness (QED) is 0.609. The lowest BCUT2D eigenvalue weighted by atomic mass is 10.2. The van der Waals surface area contributed by atoms with Crippen LogP contribution in [0.2, 0.25) is 0 Å². The highest BCUT2D eigenvalue weighted by Crippen LogP contribution is 2.20. The van der Waals surface area contributed by atoms with Crippen molar-refractivity contribution in [1.29, 1.82) is 0 Å². The number of anilines is 1. The topological polar surface area (TPSA) is 38.3 Å². The number of benzene rings is 2. The Morgan fingerprint density at radius 3 is 2.73 bits per heavy atom. The second-order valence-corrected chi connectivity index (χ2v) is 5.85. The first kappa shape index (κ1) is 16.4. The van der Waals surface area contributed by atoms with Crippen LogP contribution in [0.3, 0.4) is 0 Å². The highest BCUT2D eigenvalue weighted by molar-refractivity contribution is 7.99. The van der Waals surface area contributed by atoms with E-state index in [2.05, 4.69) is 5.32 Å². The first-order chi connectivity index (χ1) is 10.7. The summed E-state index contributed by atoms with van der Waals surface area (Å²) in [5.41, 5.74) is 0.732. The molecule has 116 valence electrons.